The number of aryl methyl sites for hydroxylation is 2. The van der Waals surface area contributed by atoms with Crippen LogP contribution < -0.4 is 16.0 Å². The van der Waals surface area contributed by atoms with Gasteiger partial charge in [0.25, 0.3) is 0 Å². The van der Waals surface area contributed by atoms with Crippen LogP contribution in [-0.2, 0) is 24.2 Å². The Morgan fingerprint density at radius 2 is 2.19 bits per heavy atom. The highest BCUT2D eigenvalue weighted by atomic mass is 127. The number of hydrogen-bond acceptors (Lipinski definition) is 5. The topological polar surface area (TPSA) is 117 Å². The van der Waals surface area contributed by atoms with E-state index in [0.29, 0.717) is 12.5 Å². The third kappa shape index (κ3) is 5.30. The summed E-state index contributed by atoms with van der Waals surface area (Å²) >= 11 is 0. The summed E-state index contributed by atoms with van der Waals surface area (Å²) in [5.74, 6) is 2.40. The van der Waals surface area contributed by atoms with Crippen LogP contribution in [0.5, 0.6) is 0 Å². The Hall–Kier alpha value is -1.92. The average molecular weight is 490 g/mol. The summed E-state index contributed by atoms with van der Waals surface area (Å²) in [5, 5.41) is 13.7. The van der Waals surface area contributed by atoms with Crippen LogP contribution in [0.4, 0.5) is 4.79 Å². The number of carbonyl (C=O) groups is 2. The summed E-state index contributed by atoms with van der Waals surface area (Å²) in [6.45, 7) is 6.24. The van der Waals surface area contributed by atoms with Crippen molar-refractivity contribution in [3.8, 4) is 0 Å². The third-order valence-corrected chi connectivity index (χ3v) is 4.43. The second kappa shape index (κ2) is 9.85. The van der Waals surface area contributed by atoms with Gasteiger partial charge in [-0.15, -0.1) is 24.0 Å². The molecule has 0 aliphatic carbocycles. The van der Waals surface area contributed by atoms with E-state index in [9.17, 15) is 9.59 Å². The standard InChI is InChI=1S/C16H26N8O2.HI/c1-3-12-21-13-6-5-11(10-24(13)22-12)20-15(17-4-2)18-7-8-23-14(25)9-19-16(23)26;/h11H,3-10H2,1-2H3,(H,19,26)(H2,17,18,20);1H. The Bertz CT molecular complexity index is 689. The van der Waals surface area contributed by atoms with E-state index in [2.05, 4.69) is 37.9 Å². The minimum Gasteiger partial charge on any atom is -0.357 e. The first-order valence-electron chi connectivity index (χ1n) is 9.16. The molecule has 1 unspecified atom stereocenters. The van der Waals surface area contributed by atoms with Crippen LogP contribution in [0.3, 0.4) is 0 Å². The number of hydrogen-bond donors (Lipinski definition) is 3. The zero-order valence-electron chi connectivity index (χ0n) is 15.7. The molecule has 10 nitrogen and oxygen atoms in total. The summed E-state index contributed by atoms with van der Waals surface area (Å²) in [7, 11) is 0. The first kappa shape index (κ1) is 21.4. The summed E-state index contributed by atoms with van der Waals surface area (Å²) in [6, 6.07) is -0.135. The molecule has 0 aromatic carbocycles. The molecule has 1 aromatic heterocycles. The molecule has 2 aliphatic heterocycles. The highest BCUT2D eigenvalue weighted by Crippen LogP contribution is 2.13. The molecule has 3 amide bonds. The van der Waals surface area contributed by atoms with E-state index < -0.39 is 0 Å². The predicted molar refractivity (Wildman–Crippen MR) is 111 cm³/mol. The zero-order valence-corrected chi connectivity index (χ0v) is 18.0. The molecular weight excluding hydrogens is 463 g/mol. The fourth-order valence-electron chi connectivity index (χ4n) is 3.08. The first-order valence-corrected chi connectivity index (χ1v) is 9.16. The van der Waals surface area contributed by atoms with Crippen LogP contribution in [0, 0.1) is 0 Å². The largest absolute Gasteiger partial charge is 0.357 e. The molecule has 0 saturated carbocycles. The lowest BCUT2D eigenvalue weighted by molar-refractivity contribution is -0.124. The van der Waals surface area contributed by atoms with Gasteiger partial charge in [-0.2, -0.15) is 5.10 Å². The van der Waals surface area contributed by atoms with Crippen molar-refractivity contribution in [2.24, 2.45) is 4.99 Å². The van der Waals surface area contributed by atoms with Crippen LogP contribution in [0.2, 0.25) is 0 Å². The van der Waals surface area contributed by atoms with E-state index in [1.54, 1.807) is 0 Å². The third-order valence-electron chi connectivity index (χ3n) is 4.43. The minimum absolute atomic E-state index is 0. The van der Waals surface area contributed by atoms with Crippen molar-refractivity contribution >= 4 is 41.9 Å². The normalized spacial score (nSPS) is 19.4. The number of aliphatic imine (C=N–C) groups is 1. The molecule has 0 bridgehead atoms. The summed E-state index contributed by atoms with van der Waals surface area (Å²) in [6.07, 6.45) is 2.68. The number of aromatic nitrogens is 3. The lowest BCUT2D eigenvalue weighted by atomic mass is 10.1. The summed E-state index contributed by atoms with van der Waals surface area (Å²) in [5.41, 5.74) is 0. The van der Waals surface area contributed by atoms with Crippen molar-refractivity contribution in [1.29, 1.82) is 0 Å². The lowest BCUT2D eigenvalue weighted by Crippen LogP contribution is -2.47. The number of nitrogens with one attached hydrogen (secondary N) is 3. The maximum Gasteiger partial charge on any atom is 0.324 e. The maximum atomic E-state index is 11.6. The Labute approximate surface area is 175 Å². The summed E-state index contributed by atoms with van der Waals surface area (Å²) < 4.78 is 1.97. The van der Waals surface area contributed by atoms with Gasteiger partial charge >= 0.3 is 6.03 Å². The Balaban J connectivity index is 0.00000261. The number of amides is 3. The Morgan fingerprint density at radius 1 is 1.37 bits per heavy atom. The number of carbonyl (C=O) groups excluding carboxylic acids is 2. The molecule has 0 radical (unpaired) electrons. The van der Waals surface area contributed by atoms with Gasteiger partial charge in [0.05, 0.1) is 26.2 Å². The van der Waals surface area contributed by atoms with Gasteiger partial charge in [0.2, 0.25) is 5.91 Å². The van der Waals surface area contributed by atoms with Crippen molar-refractivity contribution in [2.75, 3.05) is 26.2 Å². The summed E-state index contributed by atoms with van der Waals surface area (Å²) in [4.78, 5) is 33.4. The Morgan fingerprint density at radius 3 is 2.85 bits per heavy atom. The first-order chi connectivity index (χ1) is 12.6. The highest BCUT2D eigenvalue weighted by Gasteiger charge is 2.27. The predicted octanol–water partition coefficient (Wildman–Crippen LogP) is -0.120. The van der Waals surface area contributed by atoms with Gasteiger partial charge in [0.15, 0.2) is 11.8 Å². The van der Waals surface area contributed by atoms with Crippen molar-refractivity contribution in [3.05, 3.63) is 11.6 Å². The van der Waals surface area contributed by atoms with Crippen LogP contribution in [-0.4, -0.2) is 69.8 Å². The SMILES string of the molecule is CCNC(=NCCN1C(=O)CNC1=O)NC1CCc2nc(CC)nn2C1.I. The number of nitrogens with zero attached hydrogens (tertiary/aromatic N) is 5. The molecule has 0 spiro atoms. The highest BCUT2D eigenvalue weighted by molar-refractivity contribution is 14.0. The number of guanidine groups is 1. The van der Waals surface area contributed by atoms with Crippen LogP contribution >= 0.6 is 24.0 Å². The van der Waals surface area contributed by atoms with Gasteiger partial charge < -0.3 is 16.0 Å². The fourth-order valence-corrected chi connectivity index (χ4v) is 3.08. The van der Waals surface area contributed by atoms with Crippen molar-refractivity contribution in [3.63, 3.8) is 0 Å². The van der Waals surface area contributed by atoms with Gasteiger partial charge in [-0.3, -0.25) is 14.7 Å². The molecule has 1 saturated heterocycles. The fraction of sp³-hybridized carbons (Fsp3) is 0.688. The number of rotatable bonds is 6. The van der Waals surface area contributed by atoms with E-state index >= 15 is 0 Å². The molecular formula is C16H27IN8O2. The molecule has 150 valence electrons. The van der Waals surface area contributed by atoms with E-state index in [4.69, 9.17) is 0 Å². The van der Waals surface area contributed by atoms with Gasteiger partial charge in [-0.1, -0.05) is 6.92 Å². The molecule has 3 N–H and O–H groups in total. The molecule has 1 aromatic rings. The number of urea groups is 1. The monoisotopic (exact) mass is 490 g/mol. The number of halogens is 1. The van der Waals surface area contributed by atoms with Crippen molar-refractivity contribution < 1.29 is 9.59 Å². The van der Waals surface area contributed by atoms with E-state index in [1.165, 1.54) is 4.90 Å². The van der Waals surface area contributed by atoms with Gasteiger partial charge in [0.1, 0.15) is 5.82 Å². The van der Waals surface area contributed by atoms with Crippen LogP contribution in [0.15, 0.2) is 4.99 Å². The Kier molecular flexibility index (Phi) is 7.80. The molecule has 3 heterocycles. The number of imide groups is 1. The van der Waals surface area contributed by atoms with Gasteiger partial charge in [-0.05, 0) is 13.3 Å². The quantitative estimate of drug-likeness (QED) is 0.222. The van der Waals surface area contributed by atoms with Crippen molar-refractivity contribution in [2.45, 2.75) is 45.7 Å². The molecule has 3 rings (SSSR count). The second-order valence-corrected chi connectivity index (χ2v) is 6.32. The molecule has 1 fully saturated rings. The molecule has 27 heavy (non-hydrogen) atoms. The van der Waals surface area contributed by atoms with E-state index in [1.807, 2.05) is 11.6 Å². The molecule has 2 aliphatic rings. The van der Waals surface area contributed by atoms with E-state index in [-0.39, 0.29) is 55.0 Å². The molecule has 11 heteroatoms. The zero-order chi connectivity index (χ0) is 18.5. The maximum absolute atomic E-state index is 11.6. The van der Waals surface area contributed by atoms with Crippen molar-refractivity contribution in [1.82, 2.24) is 35.6 Å². The smallest absolute Gasteiger partial charge is 0.324 e. The lowest BCUT2D eigenvalue weighted by Gasteiger charge is -2.25. The molecule has 1 atom stereocenters. The minimum atomic E-state index is -0.346. The van der Waals surface area contributed by atoms with Gasteiger partial charge in [0, 0.05) is 25.4 Å². The van der Waals surface area contributed by atoms with Crippen LogP contribution in [0.1, 0.15) is 31.9 Å². The average Bonchev–Trinajstić information content (AvgIpc) is 3.18. The second-order valence-electron chi connectivity index (χ2n) is 6.32. The van der Waals surface area contributed by atoms with Crippen LogP contribution in [0.25, 0.3) is 0 Å². The van der Waals surface area contributed by atoms with E-state index in [0.717, 1.165) is 44.0 Å². The number of fused-ring (bicyclic) bond motifs is 1. The van der Waals surface area contributed by atoms with Gasteiger partial charge in [-0.25, -0.2) is 14.5 Å².